The molecule has 0 aromatic heterocycles. The lowest BCUT2D eigenvalue weighted by Gasteiger charge is -2.09. The van der Waals surface area contributed by atoms with Gasteiger partial charge < -0.3 is 4.74 Å². The van der Waals surface area contributed by atoms with E-state index in [1.54, 1.807) is 0 Å². The largest absolute Gasteiger partial charge is 0.461 e. The van der Waals surface area contributed by atoms with E-state index >= 15 is 0 Å². The summed E-state index contributed by atoms with van der Waals surface area (Å²) in [5.41, 5.74) is 0. The highest BCUT2D eigenvalue weighted by Gasteiger charge is 2.35. The van der Waals surface area contributed by atoms with Gasteiger partial charge in [0.15, 0.2) is 0 Å². The van der Waals surface area contributed by atoms with Crippen LogP contribution in [0.5, 0.6) is 0 Å². The number of carbonyl (C=O) groups excluding carboxylic acids is 1. The van der Waals surface area contributed by atoms with E-state index in [9.17, 15) is 4.79 Å². The molecule has 1 aliphatic heterocycles. The van der Waals surface area contributed by atoms with Crippen LogP contribution in [-0.4, -0.2) is 17.5 Å². The van der Waals surface area contributed by atoms with Crippen molar-refractivity contribution in [2.24, 2.45) is 5.92 Å². The van der Waals surface area contributed by atoms with Crippen molar-refractivity contribution in [3.05, 3.63) is 0 Å². The highest BCUT2D eigenvalue weighted by atomic mass is 35.5. The van der Waals surface area contributed by atoms with Crippen LogP contribution in [0, 0.1) is 5.92 Å². The predicted octanol–water partition coefficient (Wildman–Crippen LogP) is 2.35. The van der Waals surface area contributed by atoms with Crippen LogP contribution in [0.1, 0.15) is 33.1 Å². The third-order valence-electron chi connectivity index (χ3n) is 2.27. The van der Waals surface area contributed by atoms with Gasteiger partial charge in [0.05, 0.1) is 11.3 Å². The minimum absolute atomic E-state index is 0.0594. The van der Waals surface area contributed by atoms with Crippen molar-refractivity contribution in [2.45, 2.75) is 44.6 Å². The summed E-state index contributed by atoms with van der Waals surface area (Å²) < 4.78 is 5.12. The molecule has 2 nitrogen and oxygen atoms in total. The lowest BCUT2D eigenvalue weighted by molar-refractivity contribution is -0.144. The molecule has 12 heavy (non-hydrogen) atoms. The molecule has 1 fully saturated rings. The molecule has 3 atom stereocenters. The van der Waals surface area contributed by atoms with E-state index < -0.39 is 0 Å². The Balaban J connectivity index is 2.44. The summed E-state index contributed by atoms with van der Waals surface area (Å²) >= 11 is 5.84. The second kappa shape index (κ2) is 4.13. The molecule has 0 aromatic rings. The topological polar surface area (TPSA) is 26.3 Å². The molecule has 3 heteroatoms. The molecule has 0 N–H and O–H groups in total. The molecular formula is C9H15ClO2. The second-order valence-electron chi connectivity index (χ2n) is 3.37. The molecular weight excluding hydrogens is 176 g/mol. The first-order valence-corrected chi connectivity index (χ1v) is 4.93. The quantitative estimate of drug-likeness (QED) is 0.505. The Morgan fingerprint density at radius 3 is 2.83 bits per heavy atom. The molecule has 3 unspecified atom stereocenters. The second-order valence-corrected chi connectivity index (χ2v) is 4.06. The van der Waals surface area contributed by atoms with Crippen LogP contribution in [0.4, 0.5) is 0 Å². The normalized spacial score (nSPS) is 31.8. The first-order chi connectivity index (χ1) is 5.65. The fourth-order valence-corrected chi connectivity index (χ4v) is 1.69. The van der Waals surface area contributed by atoms with E-state index in [4.69, 9.17) is 16.3 Å². The van der Waals surface area contributed by atoms with Crippen molar-refractivity contribution in [1.82, 2.24) is 0 Å². The number of halogens is 1. The minimum Gasteiger partial charge on any atom is -0.461 e. The summed E-state index contributed by atoms with van der Waals surface area (Å²) in [6.45, 7) is 3.94. The molecule has 0 radical (unpaired) electrons. The van der Waals surface area contributed by atoms with Gasteiger partial charge in [-0.25, -0.2) is 0 Å². The fourth-order valence-electron chi connectivity index (χ4n) is 1.54. The van der Waals surface area contributed by atoms with Crippen molar-refractivity contribution >= 4 is 17.6 Å². The number of alkyl halides is 1. The van der Waals surface area contributed by atoms with Crippen LogP contribution in [0.2, 0.25) is 0 Å². The van der Waals surface area contributed by atoms with Gasteiger partial charge >= 0.3 is 5.97 Å². The molecule has 1 aliphatic rings. The monoisotopic (exact) mass is 190 g/mol. The molecule has 0 amide bonds. The molecule has 1 heterocycles. The van der Waals surface area contributed by atoms with E-state index in [0.717, 1.165) is 19.3 Å². The molecule has 1 rings (SSSR count). The molecule has 0 aromatic carbocycles. The van der Waals surface area contributed by atoms with Gasteiger partial charge in [-0.2, -0.15) is 0 Å². The van der Waals surface area contributed by atoms with Crippen LogP contribution >= 0.6 is 11.6 Å². The van der Waals surface area contributed by atoms with Crippen LogP contribution in [0.3, 0.4) is 0 Å². The minimum atomic E-state index is -0.0608. The SMILES string of the molecule is CCCC1CC(C(C)Cl)OC1=O. The summed E-state index contributed by atoms with van der Waals surface area (Å²) in [6.07, 6.45) is 2.70. The standard InChI is InChI=1S/C9H15ClO2/c1-3-4-7-5-8(6(2)10)12-9(7)11/h6-8H,3-5H2,1-2H3. The predicted molar refractivity (Wildman–Crippen MR) is 48.2 cm³/mol. The molecule has 0 spiro atoms. The third kappa shape index (κ3) is 2.13. The average molecular weight is 191 g/mol. The number of rotatable bonds is 3. The van der Waals surface area contributed by atoms with Crippen molar-refractivity contribution < 1.29 is 9.53 Å². The highest BCUT2D eigenvalue weighted by Crippen LogP contribution is 2.28. The van der Waals surface area contributed by atoms with E-state index in [1.807, 2.05) is 6.92 Å². The van der Waals surface area contributed by atoms with Gasteiger partial charge in [-0.15, -0.1) is 11.6 Å². The zero-order chi connectivity index (χ0) is 9.14. The molecule has 1 saturated heterocycles. The first kappa shape index (κ1) is 9.85. The summed E-state index contributed by atoms with van der Waals surface area (Å²) in [5, 5.41) is -0.0594. The number of cyclic esters (lactones) is 1. The van der Waals surface area contributed by atoms with Gasteiger partial charge in [0, 0.05) is 0 Å². The molecule has 0 bridgehead atoms. The Morgan fingerprint density at radius 1 is 1.75 bits per heavy atom. The maximum absolute atomic E-state index is 11.2. The number of hydrogen-bond donors (Lipinski definition) is 0. The average Bonchev–Trinajstić information content (AvgIpc) is 2.34. The lowest BCUT2D eigenvalue weighted by atomic mass is 9.99. The maximum atomic E-state index is 11.2. The van der Waals surface area contributed by atoms with Gasteiger partial charge in [0.25, 0.3) is 0 Å². The molecule has 0 aliphatic carbocycles. The lowest BCUT2D eigenvalue weighted by Crippen LogP contribution is -2.16. The van der Waals surface area contributed by atoms with Gasteiger partial charge in [-0.05, 0) is 19.8 Å². The molecule has 70 valence electrons. The van der Waals surface area contributed by atoms with Gasteiger partial charge in [-0.3, -0.25) is 4.79 Å². The van der Waals surface area contributed by atoms with Crippen molar-refractivity contribution in [3.8, 4) is 0 Å². The third-order valence-corrected chi connectivity index (χ3v) is 2.55. The Kier molecular flexibility index (Phi) is 3.39. The Bertz CT molecular complexity index is 168. The van der Waals surface area contributed by atoms with Crippen LogP contribution in [-0.2, 0) is 9.53 Å². The Labute approximate surface area is 78.2 Å². The zero-order valence-electron chi connectivity index (χ0n) is 7.55. The van der Waals surface area contributed by atoms with Gasteiger partial charge in [-0.1, -0.05) is 13.3 Å². The number of hydrogen-bond acceptors (Lipinski definition) is 2. The van der Waals surface area contributed by atoms with Crippen molar-refractivity contribution in [1.29, 1.82) is 0 Å². The summed E-state index contributed by atoms with van der Waals surface area (Å²) in [4.78, 5) is 11.2. The van der Waals surface area contributed by atoms with Crippen LogP contribution < -0.4 is 0 Å². The molecule has 0 saturated carbocycles. The zero-order valence-corrected chi connectivity index (χ0v) is 8.30. The maximum Gasteiger partial charge on any atom is 0.309 e. The van der Waals surface area contributed by atoms with E-state index in [2.05, 4.69) is 6.92 Å². The van der Waals surface area contributed by atoms with Crippen LogP contribution in [0.15, 0.2) is 0 Å². The Hall–Kier alpha value is -0.240. The summed E-state index contributed by atoms with van der Waals surface area (Å²) in [7, 11) is 0. The Morgan fingerprint density at radius 2 is 2.42 bits per heavy atom. The highest BCUT2D eigenvalue weighted by molar-refractivity contribution is 6.20. The van der Waals surface area contributed by atoms with Gasteiger partial charge in [0.1, 0.15) is 6.10 Å². The first-order valence-electron chi connectivity index (χ1n) is 4.49. The van der Waals surface area contributed by atoms with Crippen molar-refractivity contribution in [2.75, 3.05) is 0 Å². The van der Waals surface area contributed by atoms with Gasteiger partial charge in [0.2, 0.25) is 0 Å². The van der Waals surface area contributed by atoms with Crippen LogP contribution in [0.25, 0.3) is 0 Å². The van der Waals surface area contributed by atoms with E-state index in [-0.39, 0.29) is 23.4 Å². The van der Waals surface area contributed by atoms with Crippen molar-refractivity contribution in [3.63, 3.8) is 0 Å². The smallest absolute Gasteiger partial charge is 0.309 e. The van der Waals surface area contributed by atoms with E-state index in [0.29, 0.717) is 0 Å². The summed E-state index contributed by atoms with van der Waals surface area (Å²) in [6, 6.07) is 0. The number of carbonyl (C=O) groups is 1. The summed E-state index contributed by atoms with van der Waals surface area (Å²) in [5.74, 6) is 0.0375. The van der Waals surface area contributed by atoms with E-state index in [1.165, 1.54) is 0 Å². The fraction of sp³-hybridized carbons (Fsp3) is 0.889. The number of esters is 1. The number of ether oxygens (including phenoxy) is 1.